The molecule has 0 aliphatic rings. The van der Waals surface area contributed by atoms with Crippen LogP contribution in [-0.4, -0.2) is 4.99 Å². The molecular weight excluding hydrogens is 258 g/mol. The second-order valence-electron chi connectivity index (χ2n) is 3.25. The lowest BCUT2D eigenvalue weighted by Crippen LogP contribution is -2.08. The zero-order chi connectivity index (χ0) is 10.6. The fourth-order valence-electron chi connectivity index (χ4n) is 1.30. The van der Waals surface area contributed by atoms with Gasteiger partial charge >= 0.3 is 0 Å². The Kier molecular flexibility index (Phi) is 4.55. The molecule has 14 heavy (non-hydrogen) atoms. The summed E-state index contributed by atoms with van der Waals surface area (Å²) in [6.45, 7) is 2.15. The molecule has 1 rings (SSSR count). The first-order chi connectivity index (χ1) is 6.63. The van der Waals surface area contributed by atoms with Gasteiger partial charge < -0.3 is 5.73 Å². The van der Waals surface area contributed by atoms with E-state index in [1.54, 1.807) is 0 Å². The number of thiocarbonyl (C=S) groups is 1. The average Bonchev–Trinajstić information content (AvgIpc) is 2.15. The van der Waals surface area contributed by atoms with Gasteiger partial charge in [0.25, 0.3) is 0 Å². The Labute approximate surface area is 98.8 Å². The maximum atomic E-state index is 5.45. The molecule has 2 N–H and O–H groups in total. The summed E-state index contributed by atoms with van der Waals surface area (Å²) >= 11 is 8.39. The Morgan fingerprint density at radius 1 is 1.50 bits per heavy atom. The normalized spacial score (nSPS) is 10.1. The summed E-state index contributed by atoms with van der Waals surface area (Å²) < 4.78 is 1.18. The molecule has 0 unspecified atom stereocenters. The molecule has 0 bridgehead atoms. The van der Waals surface area contributed by atoms with E-state index in [9.17, 15) is 0 Å². The second-order valence-corrected chi connectivity index (χ2v) is 4.62. The van der Waals surface area contributed by atoms with E-state index in [1.807, 2.05) is 0 Å². The third kappa shape index (κ3) is 3.39. The third-order valence-corrected chi connectivity index (χ3v) is 3.10. The topological polar surface area (TPSA) is 26.0 Å². The highest BCUT2D eigenvalue weighted by Crippen LogP contribution is 2.19. The van der Waals surface area contributed by atoms with Crippen molar-refractivity contribution >= 4 is 33.1 Å². The van der Waals surface area contributed by atoms with Crippen LogP contribution in [0.3, 0.4) is 0 Å². The number of nitrogens with two attached hydrogens (primary N) is 1. The van der Waals surface area contributed by atoms with Crippen LogP contribution in [-0.2, 0) is 12.8 Å². The van der Waals surface area contributed by atoms with Crippen molar-refractivity contribution < 1.29 is 0 Å². The van der Waals surface area contributed by atoms with Crippen LogP contribution in [0, 0.1) is 0 Å². The highest BCUT2D eigenvalue weighted by atomic mass is 79.9. The van der Waals surface area contributed by atoms with Crippen LogP contribution in [0.25, 0.3) is 0 Å². The van der Waals surface area contributed by atoms with Crippen LogP contribution in [0.2, 0.25) is 0 Å². The fourth-order valence-corrected chi connectivity index (χ4v) is 2.11. The minimum Gasteiger partial charge on any atom is -0.393 e. The Morgan fingerprint density at radius 3 is 2.71 bits per heavy atom. The zero-order valence-corrected chi connectivity index (χ0v) is 10.6. The molecule has 0 aromatic heterocycles. The zero-order valence-electron chi connectivity index (χ0n) is 8.22. The maximum absolute atomic E-state index is 5.45. The molecule has 0 aliphatic carbocycles. The van der Waals surface area contributed by atoms with Gasteiger partial charge in [0.2, 0.25) is 0 Å². The summed E-state index contributed by atoms with van der Waals surface area (Å²) in [5, 5.41) is 0. The summed E-state index contributed by atoms with van der Waals surface area (Å²) in [5.41, 5.74) is 8.07. The van der Waals surface area contributed by atoms with Gasteiger partial charge in [-0.1, -0.05) is 47.2 Å². The minimum absolute atomic E-state index is 0.584. The third-order valence-electron chi connectivity index (χ3n) is 2.16. The van der Waals surface area contributed by atoms with Gasteiger partial charge in [-0.2, -0.15) is 0 Å². The molecule has 0 amide bonds. The fraction of sp³-hybridized carbons (Fsp3) is 0.364. The van der Waals surface area contributed by atoms with Gasteiger partial charge in [0.05, 0.1) is 4.99 Å². The van der Waals surface area contributed by atoms with Gasteiger partial charge in [-0.3, -0.25) is 0 Å². The molecule has 0 fully saturated rings. The molecule has 1 aromatic rings. The predicted molar refractivity (Wildman–Crippen MR) is 68.6 cm³/mol. The number of halogens is 1. The maximum Gasteiger partial charge on any atom is 0.0730 e. The van der Waals surface area contributed by atoms with Crippen LogP contribution in [0.5, 0.6) is 0 Å². The lowest BCUT2D eigenvalue weighted by molar-refractivity contribution is 1.03. The number of rotatable bonds is 4. The van der Waals surface area contributed by atoms with Crippen LogP contribution in [0.15, 0.2) is 22.7 Å². The van der Waals surface area contributed by atoms with Gasteiger partial charge in [0.1, 0.15) is 0 Å². The van der Waals surface area contributed by atoms with Crippen molar-refractivity contribution in [3.8, 4) is 0 Å². The minimum atomic E-state index is 0.584. The van der Waals surface area contributed by atoms with Crippen molar-refractivity contribution in [2.75, 3.05) is 0 Å². The Morgan fingerprint density at radius 2 is 2.21 bits per heavy atom. The van der Waals surface area contributed by atoms with E-state index in [2.05, 4.69) is 41.1 Å². The Balaban J connectivity index is 2.71. The molecule has 0 saturated heterocycles. The molecule has 76 valence electrons. The summed E-state index contributed by atoms with van der Waals surface area (Å²) in [6.07, 6.45) is 2.77. The molecule has 0 atom stereocenters. The van der Waals surface area contributed by atoms with Crippen molar-refractivity contribution in [2.24, 2.45) is 5.73 Å². The van der Waals surface area contributed by atoms with Crippen molar-refractivity contribution in [1.82, 2.24) is 0 Å². The Hall–Kier alpha value is -0.410. The number of hydrogen-bond donors (Lipinski definition) is 1. The van der Waals surface area contributed by atoms with Gasteiger partial charge in [0.15, 0.2) is 0 Å². The van der Waals surface area contributed by atoms with Crippen molar-refractivity contribution in [3.05, 3.63) is 33.8 Å². The summed E-state index contributed by atoms with van der Waals surface area (Å²) in [5.74, 6) is 0. The number of benzene rings is 1. The van der Waals surface area contributed by atoms with Crippen LogP contribution in [0.4, 0.5) is 0 Å². The average molecular weight is 272 g/mol. The van der Waals surface area contributed by atoms with Crippen LogP contribution in [0.1, 0.15) is 24.5 Å². The number of hydrogen-bond acceptors (Lipinski definition) is 1. The molecule has 0 spiro atoms. The van der Waals surface area contributed by atoms with Gasteiger partial charge in [0, 0.05) is 10.9 Å². The lowest BCUT2D eigenvalue weighted by Gasteiger charge is -2.05. The first kappa shape index (κ1) is 11.7. The summed E-state index contributed by atoms with van der Waals surface area (Å²) in [6, 6.07) is 6.44. The molecule has 1 nitrogen and oxygen atoms in total. The molecule has 0 radical (unpaired) electrons. The van der Waals surface area contributed by atoms with Gasteiger partial charge in [-0.15, -0.1) is 0 Å². The van der Waals surface area contributed by atoms with Crippen molar-refractivity contribution in [1.29, 1.82) is 0 Å². The quantitative estimate of drug-likeness (QED) is 0.852. The van der Waals surface area contributed by atoms with Crippen molar-refractivity contribution in [3.63, 3.8) is 0 Å². The van der Waals surface area contributed by atoms with E-state index in [1.165, 1.54) is 15.6 Å². The Bertz CT molecular complexity index is 336. The molecule has 1 aromatic carbocycles. The second kappa shape index (κ2) is 5.47. The largest absolute Gasteiger partial charge is 0.393 e. The highest BCUT2D eigenvalue weighted by molar-refractivity contribution is 9.10. The summed E-state index contributed by atoms with van der Waals surface area (Å²) in [7, 11) is 0. The monoisotopic (exact) mass is 271 g/mol. The molecule has 3 heteroatoms. The van der Waals surface area contributed by atoms with Gasteiger partial charge in [-0.25, -0.2) is 0 Å². The molecule has 0 aliphatic heterocycles. The molecular formula is C11H14BrNS. The van der Waals surface area contributed by atoms with E-state index in [4.69, 9.17) is 18.0 Å². The smallest absolute Gasteiger partial charge is 0.0730 e. The van der Waals surface area contributed by atoms with E-state index in [-0.39, 0.29) is 0 Å². The first-order valence-electron chi connectivity index (χ1n) is 4.69. The van der Waals surface area contributed by atoms with E-state index in [0.29, 0.717) is 4.99 Å². The molecule has 0 heterocycles. The molecule has 0 saturated carbocycles. The summed E-state index contributed by atoms with van der Waals surface area (Å²) in [4.78, 5) is 0.584. The van der Waals surface area contributed by atoms with Crippen LogP contribution >= 0.6 is 28.1 Å². The van der Waals surface area contributed by atoms with E-state index in [0.717, 1.165) is 19.3 Å². The lowest BCUT2D eigenvalue weighted by atomic mass is 10.1. The van der Waals surface area contributed by atoms with E-state index < -0.39 is 0 Å². The van der Waals surface area contributed by atoms with E-state index >= 15 is 0 Å². The van der Waals surface area contributed by atoms with Gasteiger partial charge in [-0.05, 0) is 30.0 Å². The predicted octanol–water partition coefficient (Wildman–Crippen LogP) is 3.23. The first-order valence-corrected chi connectivity index (χ1v) is 5.89. The number of aryl methyl sites for hydroxylation is 2. The van der Waals surface area contributed by atoms with Crippen LogP contribution < -0.4 is 5.73 Å². The SMILES string of the molecule is CCc1ccc(CCC(N)=S)cc1Br. The van der Waals surface area contributed by atoms with Crippen molar-refractivity contribution in [2.45, 2.75) is 26.2 Å². The standard InChI is InChI=1S/C11H14BrNS/c1-2-9-5-3-8(7-10(9)12)4-6-11(13)14/h3,5,7H,2,4,6H2,1H3,(H2,13,14). The highest BCUT2D eigenvalue weighted by Gasteiger charge is 2.00.